The number of carboxylic acids is 1. The maximum Gasteiger partial charge on any atom is 0.315 e. The number of rotatable bonds is 8. The molecule has 0 aromatic heterocycles. The highest BCUT2D eigenvalue weighted by Crippen LogP contribution is 2.24. The standard InChI is InChI=1S/C16H30N2O3/c1-3-5-7-12(4-2)11-17-16(21)18-14-9-6-8-13(10-14)15(19)20/h12-14H,3-11H2,1-2H3,(H,19,20)(H2,17,18,21). The van der Waals surface area contributed by atoms with Gasteiger partial charge in [0.1, 0.15) is 0 Å². The van der Waals surface area contributed by atoms with E-state index >= 15 is 0 Å². The molecule has 5 nitrogen and oxygen atoms in total. The number of amides is 2. The summed E-state index contributed by atoms with van der Waals surface area (Å²) in [7, 11) is 0. The summed E-state index contributed by atoms with van der Waals surface area (Å²) in [6.07, 6.45) is 7.63. The van der Waals surface area contributed by atoms with Crippen LogP contribution in [0, 0.1) is 11.8 Å². The molecule has 1 saturated carbocycles. The first-order valence-electron chi connectivity index (χ1n) is 8.33. The fraction of sp³-hybridized carbons (Fsp3) is 0.875. The lowest BCUT2D eigenvalue weighted by Gasteiger charge is -2.27. The maximum absolute atomic E-state index is 11.9. The van der Waals surface area contributed by atoms with E-state index in [0.29, 0.717) is 18.9 Å². The summed E-state index contributed by atoms with van der Waals surface area (Å²) in [5.74, 6) is -0.515. The SMILES string of the molecule is CCCCC(CC)CNC(=O)NC1CCCC(C(=O)O)C1. The average Bonchev–Trinajstić information content (AvgIpc) is 2.47. The van der Waals surface area contributed by atoms with Gasteiger partial charge in [0.2, 0.25) is 0 Å². The summed E-state index contributed by atoms with van der Waals surface area (Å²) < 4.78 is 0. The van der Waals surface area contributed by atoms with E-state index in [9.17, 15) is 9.59 Å². The molecule has 1 fully saturated rings. The van der Waals surface area contributed by atoms with Crippen LogP contribution in [0.4, 0.5) is 4.79 Å². The number of hydrogen-bond donors (Lipinski definition) is 3. The van der Waals surface area contributed by atoms with Crippen molar-refractivity contribution in [3.8, 4) is 0 Å². The lowest BCUT2D eigenvalue weighted by molar-refractivity contribution is -0.143. The average molecular weight is 298 g/mol. The Balaban J connectivity index is 2.27. The number of carbonyl (C=O) groups excluding carboxylic acids is 1. The van der Waals surface area contributed by atoms with Gasteiger partial charge in [0.15, 0.2) is 0 Å². The smallest absolute Gasteiger partial charge is 0.315 e. The van der Waals surface area contributed by atoms with Crippen molar-refractivity contribution >= 4 is 12.0 Å². The van der Waals surface area contributed by atoms with E-state index in [1.807, 2.05) is 0 Å². The van der Waals surface area contributed by atoms with Crippen LogP contribution in [0.15, 0.2) is 0 Å². The molecule has 3 N–H and O–H groups in total. The minimum absolute atomic E-state index is 0.00410. The second-order valence-corrected chi connectivity index (χ2v) is 6.17. The van der Waals surface area contributed by atoms with Crippen molar-refractivity contribution < 1.29 is 14.7 Å². The van der Waals surface area contributed by atoms with Crippen molar-refractivity contribution in [2.45, 2.75) is 71.3 Å². The number of carbonyl (C=O) groups is 2. The zero-order chi connectivity index (χ0) is 15.7. The van der Waals surface area contributed by atoms with E-state index in [1.165, 1.54) is 12.8 Å². The van der Waals surface area contributed by atoms with E-state index in [-0.39, 0.29) is 18.0 Å². The Bertz CT molecular complexity index is 333. The number of nitrogens with one attached hydrogen (secondary N) is 2. The topological polar surface area (TPSA) is 78.4 Å². The van der Waals surface area contributed by atoms with E-state index < -0.39 is 5.97 Å². The van der Waals surface area contributed by atoms with Crippen LogP contribution >= 0.6 is 0 Å². The van der Waals surface area contributed by atoms with Gasteiger partial charge in [-0.15, -0.1) is 0 Å². The third kappa shape index (κ3) is 6.82. The largest absolute Gasteiger partial charge is 0.481 e. The van der Waals surface area contributed by atoms with Crippen LogP contribution in [-0.2, 0) is 4.79 Å². The molecule has 3 atom stereocenters. The van der Waals surface area contributed by atoms with Crippen LogP contribution in [0.2, 0.25) is 0 Å². The molecule has 21 heavy (non-hydrogen) atoms. The van der Waals surface area contributed by atoms with Crippen LogP contribution in [0.3, 0.4) is 0 Å². The second-order valence-electron chi connectivity index (χ2n) is 6.17. The Kier molecular flexibility index (Phi) is 8.16. The third-order valence-electron chi connectivity index (χ3n) is 4.45. The van der Waals surface area contributed by atoms with E-state index in [4.69, 9.17) is 5.11 Å². The van der Waals surface area contributed by atoms with Gasteiger partial charge in [0.25, 0.3) is 0 Å². The first-order chi connectivity index (χ1) is 10.1. The zero-order valence-corrected chi connectivity index (χ0v) is 13.4. The molecule has 0 heterocycles. The van der Waals surface area contributed by atoms with Crippen LogP contribution in [-0.4, -0.2) is 29.7 Å². The first kappa shape index (κ1) is 17.8. The van der Waals surface area contributed by atoms with Crippen LogP contribution in [0.25, 0.3) is 0 Å². The Morgan fingerprint density at radius 1 is 1.29 bits per heavy atom. The van der Waals surface area contributed by atoms with E-state index in [2.05, 4.69) is 24.5 Å². The van der Waals surface area contributed by atoms with Gasteiger partial charge in [-0.2, -0.15) is 0 Å². The summed E-state index contributed by atoms with van der Waals surface area (Å²) in [6.45, 7) is 5.03. The van der Waals surface area contributed by atoms with Gasteiger partial charge >= 0.3 is 12.0 Å². The fourth-order valence-electron chi connectivity index (χ4n) is 2.96. The van der Waals surface area contributed by atoms with E-state index in [0.717, 1.165) is 32.1 Å². The molecule has 0 aliphatic heterocycles. The molecule has 3 unspecified atom stereocenters. The Hall–Kier alpha value is -1.26. The predicted octanol–water partition coefficient (Wildman–Crippen LogP) is 3.15. The molecule has 0 saturated heterocycles. The molecule has 0 spiro atoms. The van der Waals surface area contributed by atoms with E-state index in [1.54, 1.807) is 0 Å². The summed E-state index contributed by atoms with van der Waals surface area (Å²) >= 11 is 0. The highest BCUT2D eigenvalue weighted by molar-refractivity contribution is 5.74. The summed E-state index contributed by atoms with van der Waals surface area (Å²) in [6, 6.07) is -0.156. The highest BCUT2D eigenvalue weighted by Gasteiger charge is 2.27. The molecule has 5 heteroatoms. The minimum atomic E-state index is -0.743. The number of urea groups is 1. The van der Waals surface area contributed by atoms with Crippen LogP contribution in [0.1, 0.15) is 65.2 Å². The zero-order valence-electron chi connectivity index (χ0n) is 13.4. The van der Waals surface area contributed by atoms with Crippen molar-refractivity contribution in [2.75, 3.05) is 6.54 Å². The van der Waals surface area contributed by atoms with Crippen LogP contribution < -0.4 is 10.6 Å². The summed E-state index contributed by atoms with van der Waals surface area (Å²) in [4.78, 5) is 22.9. The van der Waals surface area contributed by atoms with Gasteiger partial charge in [-0.3, -0.25) is 4.79 Å². The molecule has 0 aromatic carbocycles. The molecular formula is C16H30N2O3. The normalized spacial score (nSPS) is 23.3. The molecule has 122 valence electrons. The Morgan fingerprint density at radius 3 is 2.67 bits per heavy atom. The number of hydrogen-bond acceptors (Lipinski definition) is 2. The number of carboxylic acid groups (broad SMARTS) is 1. The molecule has 0 radical (unpaired) electrons. The molecule has 1 aliphatic carbocycles. The number of unbranched alkanes of at least 4 members (excludes halogenated alkanes) is 1. The molecule has 1 aliphatic rings. The lowest BCUT2D eigenvalue weighted by atomic mass is 9.86. The monoisotopic (exact) mass is 298 g/mol. The molecular weight excluding hydrogens is 268 g/mol. The Labute approximate surface area is 127 Å². The minimum Gasteiger partial charge on any atom is -0.481 e. The van der Waals surface area contributed by atoms with Crippen LogP contribution in [0.5, 0.6) is 0 Å². The third-order valence-corrected chi connectivity index (χ3v) is 4.45. The summed E-state index contributed by atoms with van der Waals surface area (Å²) in [5.41, 5.74) is 0. The molecule has 1 rings (SSSR count). The van der Waals surface area contributed by atoms with Gasteiger partial charge in [-0.05, 0) is 31.6 Å². The Morgan fingerprint density at radius 2 is 2.05 bits per heavy atom. The lowest BCUT2D eigenvalue weighted by Crippen LogP contribution is -2.46. The van der Waals surface area contributed by atoms with Gasteiger partial charge in [0.05, 0.1) is 5.92 Å². The molecule has 2 amide bonds. The number of aliphatic carboxylic acids is 1. The fourth-order valence-corrected chi connectivity index (χ4v) is 2.96. The predicted molar refractivity (Wildman–Crippen MR) is 83.2 cm³/mol. The van der Waals surface area contributed by atoms with Crippen molar-refractivity contribution in [3.63, 3.8) is 0 Å². The highest BCUT2D eigenvalue weighted by atomic mass is 16.4. The second kappa shape index (κ2) is 9.64. The molecule has 0 bridgehead atoms. The van der Waals surface area contributed by atoms with Crippen molar-refractivity contribution in [2.24, 2.45) is 11.8 Å². The molecule has 0 aromatic rings. The summed E-state index contributed by atoms with van der Waals surface area (Å²) in [5, 5.41) is 14.9. The quantitative estimate of drug-likeness (QED) is 0.644. The van der Waals surface area contributed by atoms with Gasteiger partial charge in [0, 0.05) is 12.6 Å². The van der Waals surface area contributed by atoms with Crippen molar-refractivity contribution in [3.05, 3.63) is 0 Å². The van der Waals surface area contributed by atoms with Crippen molar-refractivity contribution in [1.82, 2.24) is 10.6 Å². The van der Waals surface area contributed by atoms with Gasteiger partial charge in [-0.1, -0.05) is 39.5 Å². The van der Waals surface area contributed by atoms with Crippen molar-refractivity contribution in [1.29, 1.82) is 0 Å². The first-order valence-corrected chi connectivity index (χ1v) is 8.33. The van der Waals surface area contributed by atoms with Gasteiger partial charge < -0.3 is 15.7 Å². The maximum atomic E-state index is 11.9. The van der Waals surface area contributed by atoms with Gasteiger partial charge in [-0.25, -0.2) is 4.79 Å².